The summed E-state index contributed by atoms with van der Waals surface area (Å²) in [5.41, 5.74) is 0. The van der Waals surface area contributed by atoms with E-state index in [-0.39, 0.29) is 0 Å². The lowest BCUT2D eigenvalue weighted by atomic mass is 10.4. The number of anilines is 1. The molecule has 1 unspecified atom stereocenters. The molecule has 0 aliphatic carbocycles. The van der Waals surface area contributed by atoms with Crippen LogP contribution < -0.4 is 5.32 Å². The summed E-state index contributed by atoms with van der Waals surface area (Å²) in [7, 11) is 0. The Hall–Kier alpha value is -0.0400. The molecule has 0 aliphatic rings. The van der Waals surface area contributed by atoms with E-state index in [0.717, 1.165) is 15.9 Å². The molecule has 0 bridgehead atoms. The number of hydrogen-bond donors (Lipinski definition) is 1. The normalized spacial score (nSPS) is 12.5. The topological polar surface area (TPSA) is 37.8 Å². The van der Waals surface area contributed by atoms with E-state index < -0.39 is 0 Å². The van der Waals surface area contributed by atoms with Crippen LogP contribution >= 0.6 is 34.4 Å². The third-order valence-electron chi connectivity index (χ3n) is 1.63. The second-order valence-corrected chi connectivity index (χ2v) is 5.08. The smallest absolute Gasteiger partial charge is 0.142 e. The minimum Gasteiger partial charge on any atom is -0.368 e. The number of aromatic nitrogens is 2. The van der Waals surface area contributed by atoms with E-state index in [0.29, 0.717) is 5.25 Å². The first-order valence-electron chi connectivity index (χ1n) is 3.96. The van der Waals surface area contributed by atoms with Gasteiger partial charge in [-0.3, -0.25) is 0 Å². The second kappa shape index (κ2) is 5.64. The fourth-order valence-corrected chi connectivity index (χ4v) is 1.51. The number of halogens is 1. The quantitative estimate of drug-likeness (QED) is 0.866. The third kappa shape index (κ3) is 3.68. The SMILES string of the molecule is CSC(C)CNc1ncncc1I. The lowest BCUT2D eigenvalue weighted by molar-refractivity contribution is 0.982. The Morgan fingerprint density at radius 2 is 2.46 bits per heavy atom. The highest BCUT2D eigenvalue weighted by Gasteiger charge is 2.02. The van der Waals surface area contributed by atoms with Crippen molar-refractivity contribution in [3.05, 3.63) is 16.1 Å². The van der Waals surface area contributed by atoms with Crippen LogP contribution in [0.15, 0.2) is 12.5 Å². The second-order valence-electron chi connectivity index (χ2n) is 2.65. The predicted octanol–water partition coefficient (Wildman–Crippen LogP) is 2.24. The van der Waals surface area contributed by atoms with Crippen LogP contribution in [0.2, 0.25) is 0 Å². The molecule has 0 radical (unpaired) electrons. The van der Waals surface area contributed by atoms with Crippen molar-refractivity contribution in [3.8, 4) is 0 Å². The zero-order valence-corrected chi connectivity index (χ0v) is 10.6. The highest BCUT2D eigenvalue weighted by molar-refractivity contribution is 14.1. The number of thioether (sulfide) groups is 1. The molecular formula is C8H12IN3S. The maximum atomic E-state index is 4.15. The van der Waals surface area contributed by atoms with Crippen molar-refractivity contribution in [1.82, 2.24) is 9.97 Å². The third-order valence-corrected chi connectivity index (χ3v) is 3.39. The van der Waals surface area contributed by atoms with Crippen molar-refractivity contribution in [3.63, 3.8) is 0 Å². The van der Waals surface area contributed by atoms with Gasteiger partial charge in [-0.2, -0.15) is 11.8 Å². The number of rotatable bonds is 4. The van der Waals surface area contributed by atoms with E-state index in [9.17, 15) is 0 Å². The van der Waals surface area contributed by atoms with Crippen molar-refractivity contribution < 1.29 is 0 Å². The molecular weight excluding hydrogens is 297 g/mol. The van der Waals surface area contributed by atoms with E-state index in [1.54, 1.807) is 12.5 Å². The molecule has 0 amide bonds. The summed E-state index contributed by atoms with van der Waals surface area (Å²) in [5.74, 6) is 0.927. The van der Waals surface area contributed by atoms with Gasteiger partial charge in [-0.25, -0.2) is 9.97 Å². The molecule has 0 saturated heterocycles. The molecule has 0 spiro atoms. The van der Waals surface area contributed by atoms with Gasteiger partial charge in [0.2, 0.25) is 0 Å². The molecule has 3 nitrogen and oxygen atoms in total. The minimum atomic E-state index is 0.603. The standard InChI is InChI=1S/C8H12IN3S/c1-6(13-2)3-11-8-7(9)4-10-5-12-8/h4-6H,3H2,1-2H3,(H,10,11,12). The largest absolute Gasteiger partial charge is 0.368 e. The summed E-state index contributed by atoms with van der Waals surface area (Å²) < 4.78 is 1.06. The fraction of sp³-hybridized carbons (Fsp3) is 0.500. The first-order valence-corrected chi connectivity index (χ1v) is 6.33. The molecule has 5 heteroatoms. The van der Waals surface area contributed by atoms with Crippen LogP contribution in [0, 0.1) is 3.57 Å². The Bertz CT molecular complexity index is 269. The van der Waals surface area contributed by atoms with Gasteiger partial charge < -0.3 is 5.32 Å². The van der Waals surface area contributed by atoms with E-state index in [1.165, 1.54) is 0 Å². The van der Waals surface area contributed by atoms with Crippen LogP contribution in [-0.4, -0.2) is 28.0 Å². The Morgan fingerprint density at radius 1 is 1.69 bits per heavy atom. The number of nitrogens with one attached hydrogen (secondary N) is 1. The highest BCUT2D eigenvalue weighted by atomic mass is 127. The number of hydrogen-bond acceptors (Lipinski definition) is 4. The molecule has 72 valence electrons. The summed E-state index contributed by atoms with van der Waals surface area (Å²) in [6.45, 7) is 3.12. The van der Waals surface area contributed by atoms with E-state index in [1.807, 2.05) is 11.8 Å². The first kappa shape index (κ1) is 11.0. The van der Waals surface area contributed by atoms with E-state index >= 15 is 0 Å². The molecule has 1 aromatic rings. The van der Waals surface area contributed by atoms with Crippen LogP contribution in [-0.2, 0) is 0 Å². The van der Waals surface area contributed by atoms with Crippen molar-refractivity contribution >= 4 is 40.2 Å². The highest BCUT2D eigenvalue weighted by Crippen LogP contribution is 2.13. The van der Waals surface area contributed by atoms with Crippen LogP contribution in [0.1, 0.15) is 6.92 Å². The van der Waals surface area contributed by atoms with Gasteiger partial charge in [0.15, 0.2) is 0 Å². The van der Waals surface area contributed by atoms with E-state index in [2.05, 4.69) is 51.1 Å². The van der Waals surface area contributed by atoms with Crippen molar-refractivity contribution in [2.75, 3.05) is 18.1 Å². The molecule has 1 heterocycles. The molecule has 0 saturated carbocycles. The van der Waals surface area contributed by atoms with Gasteiger partial charge in [-0.1, -0.05) is 6.92 Å². The van der Waals surface area contributed by atoms with E-state index in [4.69, 9.17) is 0 Å². The average molecular weight is 309 g/mol. The number of nitrogens with zero attached hydrogens (tertiary/aromatic N) is 2. The lowest BCUT2D eigenvalue weighted by Crippen LogP contribution is -2.14. The predicted molar refractivity (Wildman–Crippen MR) is 66.2 cm³/mol. The van der Waals surface area contributed by atoms with Gasteiger partial charge in [-0.15, -0.1) is 0 Å². The minimum absolute atomic E-state index is 0.603. The Morgan fingerprint density at radius 3 is 3.08 bits per heavy atom. The lowest BCUT2D eigenvalue weighted by Gasteiger charge is -2.10. The zero-order valence-electron chi connectivity index (χ0n) is 7.62. The molecule has 13 heavy (non-hydrogen) atoms. The molecule has 0 fully saturated rings. The van der Waals surface area contributed by atoms with Gasteiger partial charge in [-0.05, 0) is 28.8 Å². The fourth-order valence-electron chi connectivity index (χ4n) is 0.766. The van der Waals surface area contributed by atoms with Crippen molar-refractivity contribution in [2.45, 2.75) is 12.2 Å². The maximum Gasteiger partial charge on any atom is 0.142 e. The summed E-state index contributed by atoms with van der Waals surface area (Å²) in [6.07, 6.45) is 5.48. The molecule has 0 aliphatic heterocycles. The van der Waals surface area contributed by atoms with Gasteiger partial charge in [0.05, 0.1) is 3.57 Å². The first-order chi connectivity index (χ1) is 6.24. The summed E-state index contributed by atoms with van der Waals surface area (Å²) in [6, 6.07) is 0. The molecule has 1 aromatic heterocycles. The average Bonchev–Trinajstić information content (AvgIpc) is 2.16. The van der Waals surface area contributed by atoms with Crippen LogP contribution in [0.5, 0.6) is 0 Å². The van der Waals surface area contributed by atoms with Crippen molar-refractivity contribution in [1.29, 1.82) is 0 Å². The maximum absolute atomic E-state index is 4.15. The molecule has 0 aromatic carbocycles. The molecule has 1 atom stereocenters. The Balaban J connectivity index is 2.50. The van der Waals surface area contributed by atoms with Crippen LogP contribution in [0.3, 0.4) is 0 Å². The van der Waals surface area contributed by atoms with Gasteiger partial charge in [0.25, 0.3) is 0 Å². The zero-order chi connectivity index (χ0) is 9.68. The molecule has 1 rings (SSSR count). The monoisotopic (exact) mass is 309 g/mol. The van der Waals surface area contributed by atoms with Gasteiger partial charge in [0.1, 0.15) is 12.1 Å². The summed E-state index contributed by atoms with van der Waals surface area (Å²) >= 11 is 4.07. The van der Waals surface area contributed by atoms with Gasteiger partial charge >= 0.3 is 0 Å². The van der Waals surface area contributed by atoms with Gasteiger partial charge in [0, 0.05) is 18.0 Å². The van der Waals surface area contributed by atoms with Crippen molar-refractivity contribution in [2.24, 2.45) is 0 Å². The van der Waals surface area contributed by atoms with Crippen LogP contribution in [0.4, 0.5) is 5.82 Å². The molecule has 1 N–H and O–H groups in total. The summed E-state index contributed by atoms with van der Waals surface area (Å²) in [5, 5.41) is 3.89. The Kier molecular flexibility index (Phi) is 4.79. The Labute approximate surface area is 96.3 Å². The summed E-state index contributed by atoms with van der Waals surface area (Å²) in [4.78, 5) is 8.07. The van der Waals surface area contributed by atoms with Crippen LogP contribution in [0.25, 0.3) is 0 Å².